The van der Waals surface area contributed by atoms with Crippen LogP contribution in [0.3, 0.4) is 0 Å². The van der Waals surface area contributed by atoms with Crippen molar-refractivity contribution in [3.05, 3.63) is 148 Å². The third kappa shape index (κ3) is 4.08. The topological polar surface area (TPSA) is 93.0 Å². The fraction of sp³-hybridized carbons (Fsp3) is 0.136. The molecular weight excluding hydrogens is 749 g/mol. The largest absolute Gasteiger partial charge is 0.287 e. The van der Waals surface area contributed by atoms with Crippen molar-refractivity contribution in [2.75, 3.05) is 0 Å². The molecular formula is C44H24N2O4S4. The van der Waals surface area contributed by atoms with E-state index < -0.39 is 0 Å². The van der Waals surface area contributed by atoms with E-state index in [0.29, 0.717) is 31.5 Å². The number of thiophene rings is 4. The van der Waals surface area contributed by atoms with Gasteiger partial charge in [0, 0.05) is 37.2 Å². The maximum absolute atomic E-state index is 13.6. The lowest BCUT2D eigenvalue weighted by atomic mass is 9.68. The van der Waals surface area contributed by atoms with Gasteiger partial charge < -0.3 is 0 Å². The van der Waals surface area contributed by atoms with Crippen LogP contribution in [0.15, 0.2) is 114 Å². The summed E-state index contributed by atoms with van der Waals surface area (Å²) in [6.45, 7) is 0. The quantitative estimate of drug-likeness (QED) is 0.175. The van der Waals surface area contributed by atoms with Gasteiger partial charge in [0.05, 0.1) is 23.9 Å². The zero-order valence-corrected chi connectivity index (χ0v) is 31.5. The van der Waals surface area contributed by atoms with Crippen LogP contribution in [-0.2, 0) is 5.41 Å². The summed E-state index contributed by atoms with van der Waals surface area (Å²) in [7, 11) is 0. The monoisotopic (exact) mass is 772 g/mol. The number of hydrogen-bond donors (Lipinski definition) is 0. The molecule has 1 fully saturated rings. The van der Waals surface area contributed by atoms with E-state index in [1.54, 1.807) is 46.1 Å². The summed E-state index contributed by atoms with van der Waals surface area (Å²) in [5, 5.41) is 6.72. The summed E-state index contributed by atoms with van der Waals surface area (Å²) in [4.78, 5) is 66.1. The van der Waals surface area contributed by atoms with Crippen LogP contribution in [0.2, 0.25) is 0 Å². The normalized spacial score (nSPS) is 15.1. The van der Waals surface area contributed by atoms with Crippen molar-refractivity contribution in [1.29, 1.82) is 0 Å². The first-order valence-electron chi connectivity index (χ1n) is 17.9. The maximum Gasteiger partial charge on any atom is 0.216 e. The molecule has 12 rings (SSSR count). The molecule has 1 spiro atoms. The van der Waals surface area contributed by atoms with Gasteiger partial charge in [-0.1, -0.05) is 67.8 Å². The summed E-state index contributed by atoms with van der Waals surface area (Å²) in [6.07, 6.45) is 5.57. The molecule has 0 amide bonds. The minimum Gasteiger partial charge on any atom is -0.287 e. The molecule has 4 aromatic heterocycles. The summed E-state index contributed by atoms with van der Waals surface area (Å²) in [5.74, 6) is 0. The summed E-state index contributed by atoms with van der Waals surface area (Å²) in [5.41, 5.74) is 1.31. The van der Waals surface area contributed by atoms with Gasteiger partial charge in [-0.3, -0.25) is 19.2 Å². The average molecular weight is 773 g/mol. The molecule has 54 heavy (non-hydrogen) atoms. The molecule has 0 atom stereocenters. The molecule has 6 nitrogen and oxygen atoms in total. The fourth-order valence-electron chi connectivity index (χ4n) is 9.16. The second kappa shape index (κ2) is 10.9. The zero-order chi connectivity index (χ0) is 36.0. The predicted molar refractivity (Wildman–Crippen MR) is 225 cm³/mol. The Morgan fingerprint density at radius 3 is 1.50 bits per heavy atom. The average Bonchev–Trinajstić information content (AvgIpc) is 4.04. The van der Waals surface area contributed by atoms with E-state index in [-0.39, 0.29) is 37.8 Å². The van der Waals surface area contributed by atoms with Crippen LogP contribution in [-0.4, -0.2) is 0 Å². The Balaban J connectivity index is 1.01. The van der Waals surface area contributed by atoms with E-state index in [1.165, 1.54) is 48.0 Å². The van der Waals surface area contributed by atoms with Gasteiger partial charge >= 0.3 is 0 Å². The Morgan fingerprint density at radius 1 is 0.481 bits per heavy atom. The molecule has 0 bridgehead atoms. The van der Waals surface area contributed by atoms with Gasteiger partial charge in [0.25, 0.3) is 0 Å². The first-order chi connectivity index (χ1) is 26.4. The third-order valence-electron chi connectivity index (χ3n) is 11.6. The molecule has 0 aliphatic heterocycles. The molecule has 2 aliphatic rings. The lowest BCUT2D eigenvalue weighted by molar-refractivity contribution is 0.356. The third-order valence-corrected chi connectivity index (χ3v) is 16.6. The Bertz CT molecular complexity index is 3510. The standard InChI is InChI=1S/C44H24N2O4S4/c47-35-24-14-20-8-2-3-9-21(20)15-25(24)36(48)33(35)45-30-18-28-39(52-30)41-32(44(28)12-6-1-7-13-44)42-43(54-41)40-29(51-42)19-31(53-40)46-34-37(49)26-16-22-10-4-5-11-23(22)17-27(26)38(34)50/h2-5,8-11,14-19H,1,6-7,12-13H2. The Morgan fingerprint density at radius 2 is 0.981 bits per heavy atom. The first kappa shape index (κ1) is 31.1. The highest BCUT2D eigenvalue weighted by molar-refractivity contribution is 7.41. The Labute approximate surface area is 320 Å². The highest BCUT2D eigenvalue weighted by Gasteiger charge is 2.48. The van der Waals surface area contributed by atoms with Gasteiger partial charge in [-0.2, -0.15) is 0 Å². The molecule has 0 saturated heterocycles. The van der Waals surface area contributed by atoms with Crippen LogP contribution in [0.25, 0.3) is 71.6 Å². The SMILES string of the molecule is O=c1c(=Nc2cc3c(s2)-c2sc4c(sc5cc(N=c6c(=O)c7cc8ccccc8cc7c6=O)sc54)c2C32CCCCC2)c(=O)c2cc3ccccc3cc12. The number of hydrogen-bond acceptors (Lipinski definition) is 10. The lowest BCUT2D eigenvalue weighted by Crippen LogP contribution is -2.31. The van der Waals surface area contributed by atoms with Crippen molar-refractivity contribution in [3.63, 3.8) is 0 Å². The van der Waals surface area contributed by atoms with Crippen LogP contribution in [0, 0.1) is 0 Å². The fourth-order valence-corrected chi connectivity index (χ4v) is 14.8. The van der Waals surface area contributed by atoms with Crippen molar-refractivity contribution >= 4 is 117 Å². The van der Waals surface area contributed by atoms with Crippen molar-refractivity contribution in [3.8, 4) is 9.75 Å². The van der Waals surface area contributed by atoms with Gasteiger partial charge in [0.2, 0.25) is 21.7 Å². The van der Waals surface area contributed by atoms with Crippen LogP contribution >= 0.6 is 45.3 Å². The minimum atomic E-state index is -0.320. The number of rotatable bonds is 2. The predicted octanol–water partition coefficient (Wildman–Crippen LogP) is 9.74. The Hall–Kier alpha value is -5.26. The van der Waals surface area contributed by atoms with Crippen LogP contribution in [0.4, 0.5) is 10.0 Å². The van der Waals surface area contributed by atoms with Crippen molar-refractivity contribution < 1.29 is 0 Å². The second-order valence-corrected chi connectivity index (χ2v) is 18.7. The maximum atomic E-state index is 13.6. The van der Waals surface area contributed by atoms with Crippen LogP contribution < -0.4 is 32.4 Å². The molecule has 4 heterocycles. The Kier molecular flexibility index (Phi) is 6.29. The minimum absolute atomic E-state index is 0.00431. The first-order valence-corrected chi connectivity index (χ1v) is 21.2. The molecule has 0 N–H and O–H groups in total. The number of fused-ring (bicyclic) bond motifs is 13. The molecule has 6 aromatic carbocycles. The summed E-state index contributed by atoms with van der Waals surface area (Å²) < 4.78 is 4.77. The van der Waals surface area contributed by atoms with Gasteiger partial charge in [-0.15, -0.1) is 45.3 Å². The molecule has 0 radical (unpaired) electrons. The zero-order valence-electron chi connectivity index (χ0n) is 28.3. The highest BCUT2D eigenvalue weighted by Crippen LogP contribution is 2.65. The smallest absolute Gasteiger partial charge is 0.216 e. The van der Waals surface area contributed by atoms with Crippen molar-refractivity contribution in [2.45, 2.75) is 37.5 Å². The van der Waals surface area contributed by atoms with Gasteiger partial charge in [-0.05, 0) is 76.3 Å². The van der Waals surface area contributed by atoms with Crippen LogP contribution in [0.5, 0.6) is 0 Å². The lowest BCUT2D eigenvalue weighted by Gasteiger charge is -2.34. The molecule has 10 aromatic rings. The van der Waals surface area contributed by atoms with E-state index in [9.17, 15) is 19.2 Å². The van der Waals surface area contributed by atoms with Crippen molar-refractivity contribution in [2.24, 2.45) is 9.98 Å². The van der Waals surface area contributed by atoms with E-state index in [2.05, 4.69) is 6.07 Å². The van der Waals surface area contributed by atoms with Gasteiger partial charge in [0.15, 0.2) is 10.7 Å². The van der Waals surface area contributed by atoms with Crippen molar-refractivity contribution in [1.82, 2.24) is 0 Å². The molecule has 10 heteroatoms. The van der Waals surface area contributed by atoms with Gasteiger partial charge in [-0.25, -0.2) is 9.98 Å². The molecule has 0 unspecified atom stereocenters. The van der Waals surface area contributed by atoms with E-state index in [0.717, 1.165) is 56.6 Å². The van der Waals surface area contributed by atoms with E-state index in [1.807, 2.05) is 66.7 Å². The van der Waals surface area contributed by atoms with E-state index >= 15 is 0 Å². The van der Waals surface area contributed by atoms with E-state index in [4.69, 9.17) is 9.98 Å². The number of nitrogens with zero attached hydrogens (tertiary/aromatic N) is 2. The molecule has 1 saturated carbocycles. The van der Waals surface area contributed by atoms with Gasteiger partial charge in [0.1, 0.15) is 10.0 Å². The molecule has 2 aliphatic carbocycles. The number of benzene rings is 4. The summed E-state index contributed by atoms with van der Waals surface area (Å²) in [6, 6.07) is 26.9. The molecule has 258 valence electrons. The van der Waals surface area contributed by atoms with Crippen LogP contribution in [0.1, 0.15) is 43.2 Å². The second-order valence-electron chi connectivity index (χ2n) is 14.5. The summed E-state index contributed by atoms with van der Waals surface area (Å²) >= 11 is 6.69. The highest BCUT2D eigenvalue weighted by atomic mass is 32.1.